The lowest BCUT2D eigenvalue weighted by molar-refractivity contribution is 0.767. The molecule has 1 aromatic carbocycles. The van der Waals surface area contributed by atoms with Crippen molar-refractivity contribution in [1.82, 2.24) is 23.7 Å². The highest BCUT2D eigenvalue weighted by atomic mass is 16.1. The minimum Gasteiger partial charge on any atom is -0.379 e. The third-order valence-corrected chi connectivity index (χ3v) is 4.09. The van der Waals surface area contributed by atoms with Crippen LogP contribution in [0.25, 0.3) is 16.8 Å². The first-order valence-corrected chi connectivity index (χ1v) is 7.97. The average molecular weight is 334 g/mol. The minimum absolute atomic E-state index is 0.124. The second-order valence-corrected chi connectivity index (χ2v) is 5.98. The van der Waals surface area contributed by atoms with E-state index in [1.807, 2.05) is 43.6 Å². The standard InChI is InChI=1S/C18H18N6O/c1-22-12-16(13-8-20-23(2)10-13)17-21-15(11-24(17)18(22)25)9-19-14-6-4-3-5-7-14/h3-8,10-12,19H,9H2,1-2H3. The molecule has 126 valence electrons. The lowest BCUT2D eigenvalue weighted by Gasteiger charge is -2.04. The highest BCUT2D eigenvalue weighted by Gasteiger charge is 2.13. The zero-order chi connectivity index (χ0) is 17.4. The van der Waals surface area contributed by atoms with Gasteiger partial charge in [-0.2, -0.15) is 5.10 Å². The molecule has 1 N–H and O–H groups in total. The molecule has 0 radical (unpaired) electrons. The monoisotopic (exact) mass is 334 g/mol. The third-order valence-electron chi connectivity index (χ3n) is 4.09. The molecule has 3 heterocycles. The van der Waals surface area contributed by atoms with Gasteiger partial charge in [-0.3, -0.25) is 9.08 Å². The van der Waals surface area contributed by atoms with Crippen LogP contribution in [-0.2, 0) is 20.6 Å². The predicted molar refractivity (Wildman–Crippen MR) is 96.4 cm³/mol. The van der Waals surface area contributed by atoms with E-state index in [9.17, 15) is 4.79 Å². The van der Waals surface area contributed by atoms with Gasteiger partial charge in [0.15, 0.2) is 5.65 Å². The number of hydrogen-bond acceptors (Lipinski definition) is 4. The molecule has 0 spiro atoms. The molecule has 0 bridgehead atoms. The minimum atomic E-state index is -0.124. The van der Waals surface area contributed by atoms with Crippen LogP contribution in [0.15, 0.2) is 59.9 Å². The van der Waals surface area contributed by atoms with E-state index in [2.05, 4.69) is 15.4 Å². The Morgan fingerprint density at radius 1 is 1.08 bits per heavy atom. The van der Waals surface area contributed by atoms with E-state index in [-0.39, 0.29) is 5.69 Å². The van der Waals surface area contributed by atoms with Gasteiger partial charge in [-0.05, 0) is 12.1 Å². The Labute approximate surface area is 144 Å². The lowest BCUT2D eigenvalue weighted by Crippen LogP contribution is -2.23. The van der Waals surface area contributed by atoms with E-state index in [4.69, 9.17) is 0 Å². The first-order valence-electron chi connectivity index (χ1n) is 7.97. The number of nitrogens with zero attached hydrogens (tertiary/aromatic N) is 5. The van der Waals surface area contributed by atoms with Gasteiger partial charge in [-0.25, -0.2) is 9.78 Å². The van der Waals surface area contributed by atoms with Crippen LogP contribution < -0.4 is 11.0 Å². The number of aryl methyl sites for hydroxylation is 2. The van der Waals surface area contributed by atoms with E-state index < -0.39 is 0 Å². The van der Waals surface area contributed by atoms with Crippen molar-refractivity contribution in [3.8, 4) is 11.1 Å². The van der Waals surface area contributed by atoms with Gasteiger partial charge < -0.3 is 9.88 Å². The number of anilines is 1. The Morgan fingerprint density at radius 3 is 2.60 bits per heavy atom. The van der Waals surface area contributed by atoms with E-state index in [0.717, 1.165) is 22.5 Å². The van der Waals surface area contributed by atoms with Gasteiger partial charge >= 0.3 is 5.69 Å². The Balaban J connectivity index is 1.76. The fraction of sp³-hybridized carbons (Fsp3) is 0.167. The van der Waals surface area contributed by atoms with E-state index in [1.54, 1.807) is 39.3 Å². The van der Waals surface area contributed by atoms with Crippen molar-refractivity contribution in [2.45, 2.75) is 6.54 Å². The first-order chi connectivity index (χ1) is 12.1. The molecule has 0 atom stereocenters. The molecular weight excluding hydrogens is 316 g/mol. The Kier molecular flexibility index (Phi) is 3.61. The summed E-state index contributed by atoms with van der Waals surface area (Å²) in [5, 5.41) is 7.53. The van der Waals surface area contributed by atoms with Crippen LogP contribution in [0.5, 0.6) is 0 Å². The molecule has 0 fully saturated rings. The number of rotatable bonds is 4. The van der Waals surface area contributed by atoms with Crippen LogP contribution in [0.1, 0.15) is 5.69 Å². The summed E-state index contributed by atoms with van der Waals surface area (Å²) in [6.07, 6.45) is 7.27. The van der Waals surface area contributed by atoms with Gasteiger partial charge in [0, 0.05) is 49.5 Å². The van der Waals surface area contributed by atoms with Crippen molar-refractivity contribution in [2.75, 3.05) is 5.32 Å². The zero-order valence-corrected chi connectivity index (χ0v) is 14.0. The number of imidazole rings is 1. The first kappa shape index (κ1) is 15.2. The molecule has 4 aromatic rings. The molecular formula is C18H18N6O. The molecule has 0 saturated heterocycles. The van der Waals surface area contributed by atoms with Crippen molar-refractivity contribution < 1.29 is 0 Å². The Bertz CT molecular complexity index is 1090. The van der Waals surface area contributed by atoms with E-state index >= 15 is 0 Å². The van der Waals surface area contributed by atoms with Gasteiger partial charge in [0.05, 0.1) is 18.4 Å². The quantitative estimate of drug-likeness (QED) is 0.620. The number of para-hydroxylation sites is 1. The van der Waals surface area contributed by atoms with E-state index in [0.29, 0.717) is 12.2 Å². The molecule has 0 amide bonds. The topological polar surface area (TPSA) is 69.2 Å². The third kappa shape index (κ3) is 2.80. The van der Waals surface area contributed by atoms with Crippen molar-refractivity contribution >= 4 is 11.3 Å². The van der Waals surface area contributed by atoms with Gasteiger partial charge in [0.2, 0.25) is 0 Å². The van der Waals surface area contributed by atoms with Gasteiger partial charge in [-0.15, -0.1) is 0 Å². The normalized spacial score (nSPS) is 11.1. The smallest absolute Gasteiger partial charge is 0.333 e. The molecule has 7 nitrogen and oxygen atoms in total. The largest absolute Gasteiger partial charge is 0.379 e. The fourth-order valence-corrected chi connectivity index (χ4v) is 2.84. The van der Waals surface area contributed by atoms with Gasteiger partial charge in [-0.1, -0.05) is 18.2 Å². The zero-order valence-electron chi connectivity index (χ0n) is 14.0. The molecule has 7 heteroatoms. The molecule has 0 aliphatic heterocycles. The number of aromatic nitrogens is 5. The highest BCUT2D eigenvalue weighted by molar-refractivity contribution is 5.76. The second kappa shape index (κ2) is 5.94. The van der Waals surface area contributed by atoms with Crippen molar-refractivity contribution in [2.24, 2.45) is 14.1 Å². The highest BCUT2D eigenvalue weighted by Crippen LogP contribution is 2.22. The van der Waals surface area contributed by atoms with E-state index in [1.165, 1.54) is 0 Å². The Hall–Kier alpha value is -3.35. The Morgan fingerprint density at radius 2 is 1.88 bits per heavy atom. The summed E-state index contributed by atoms with van der Waals surface area (Å²) in [4.78, 5) is 17.1. The average Bonchev–Trinajstić information content (AvgIpc) is 3.24. The molecule has 0 saturated carbocycles. The fourth-order valence-electron chi connectivity index (χ4n) is 2.84. The van der Waals surface area contributed by atoms with Crippen molar-refractivity contribution in [1.29, 1.82) is 0 Å². The number of fused-ring (bicyclic) bond motifs is 1. The number of nitrogens with one attached hydrogen (secondary N) is 1. The molecule has 0 unspecified atom stereocenters. The maximum Gasteiger partial charge on any atom is 0.333 e. The summed E-state index contributed by atoms with van der Waals surface area (Å²) in [6, 6.07) is 9.91. The van der Waals surface area contributed by atoms with Crippen LogP contribution in [0.2, 0.25) is 0 Å². The SMILES string of the molecule is Cn1cc(-c2cn(C)c(=O)n3cc(CNc4ccccc4)nc23)cn1. The van der Waals surface area contributed by atoms with Crippen molar-refractivity contribution in [3.05, 3.63) is 71.3 Å². The number of hydrogen-bond donors (Lipinski definition) is 1. The summed E-state index contributed by atoms with van der Waals surface area (Å²) < 4.78 is 4.88. The van der Waals surface area contributed by atoms with Crippen LogP contribution in [0.3, 0.4) is 0 Å². The summed E-state index contributed by atoms with van der Waals surface area (Å²) in [7, 11) is 3.60. The summed E-state index contributed by atoms with van der Waals surface area (Å²) in [5.74, 6) is 0. The number of benzene rings is 1. The maximum atomic E-state index is 12.4. The molecule has 0 aliphatic rings. The van der Waals surface area contributed by atoms with Crippen LogP contribution in [-0.4, -0.2) is 23.7 Å². The summed E-state index contributed by atoms with van der Waals surface area (Å²) >= 11 is 0. The summed E-state index contributed by atoms with van der Waals surface area (Å²) in [5.41, 5.74) is 4.14. The second-order valence-electron chi connectivity index (χ2n) is 5.98. The van der Waals surface area contributed by atoms with Gasteiger partial charge in [0.1, 0.15) is 0 Å². The van der Waals surface area contributed by atoms with Crippen LogP contribution in [0, 0.1) is 0 Å². The lowest BCUT2D eigenvalue weighted by atomic mass is 10.2. The molecule has 0 aliphatic carbocycles. The van der Waals surface area contributed by atoms with Crippen LogP contribution >= 0.6 is 0 Å². The molecule has 3 aromatic heterocycles. The molecule has 4 rings (SSSR count). The van der Waals surface area contributed by atoms with Crippen LogP contribution in [0.4, 0.5) is 5.69 Å². The predicted octanol–water partition coefficient (Wildman–Crippen LogP) is 2.05. The maximum absolute atomic E-state index is 12.4. The van der Waals surface area contributed by atoms with Crippen molar-refractivity contribution in [3.63, 3.8) is 0 Å². The van der Waals surface area contributed by atoms with Gasteiger partial charge in [0.25, 0.3) is 0 Å². The molecule has 25 heavy (non-hydrogen) atoms. The summed E-state index contributed by atoms with van der Waals surface area (Å²) in [6.45, 7) is 0.543.